The lowest BCUT2D eigenvalue weighted by molar-refractivity contribution is -0.107. The van der Waals surface area contributed by atoms with Crippen molar-refractivity contribution in [2.45, 2.75) is 18.2 Å². The molecule has 0 aromatic heterocycles. The molecule has 0 aliphatic heterocycles. The van der Waals surface area contributed by atoms with Crippen LogP contribution in [-0.4, -0.2) is 26.1 Å². The quantitative estimate of drug-likeness (QED) is 0.294. The molecule has 2 unspecified atom stereocenters. The van der Waals surface area contributed by atoms with Gasteiger partial charge in [-0.15, -0.1) is 0 Å². The highest BCUT2D eigenvalue weighted by atomic mass is 35.5. The van der Waals surface area contributed by atoms with Gasteiger partial charge in [-0.3, -0.25) is 8.98 Å². The summed E-state index contributed by atoms with van der Waals surface area (Å²) in [6, 6.07) is 21.9. The van der Waals surface area contributed by atoms with Crippen molar-refractivity contribution >= 4 is 27.5 Å². The molecule has 0 radical (unpaired) electrons. The van der Waals surface area contributed by atoms with Gasteiger partial charge in [0, 0.05) is 10.6 Å². The molecule has 0 saturated heterocycles. The molecule has 0 N–H and O–H groups in total. The van der Waals surface area contributed by atoms with Gasteiger partial charge in [-0.2, -0.15) is 21.6 Å². The van der Waals surface area contributed by atoms with Gasteiger partial charge in [-0.25, -0.2) is 0 Å². The van der Waals surface area contributed by atoms with Gasteiger partial charge >= 0.3 is 6.18 Å². The minimum atomic E-state index is -5.06. The molecule has 4 nitrogen and oxygen atoms in total. The second-order valence-corrected chi connectivity index (χ2v) is 9.04. The van der Waals surface area contributed by atoms with Crippen molar-refractivity contribution in [3.05, 3.63) is 107 Å². The van der Waals surface area contributed by atoms with Crippen LogP contribution >= 0.6 is 11.6 Å². The average molecular weight is 483 g/mol. The molecule has 3 aromatic carbocycles. The average Bonchev–Trinajstić information content (AvgIpc) is 2.73. The minimum Gasteiger partial charge on any atom is -0.293 e. The molecule has 3 rings (SSSR count). The molecule has 0 heterocycles. The van der Waals surface area contributed by atoms with Crippen LogP contribution < -0.4 is 0 Å². The van der Waals surface area contributed by atoms with E-state index in [1.165, 1.54) is 36.4 Å². The molecule has 3 aromatic rings. The van der Waals surface area contributed by atoms with Crippen molar-refractivity contribution in [2.24, 2.45) is 0 Å². The Bertz CT molecular complexity index is 1150. The topological polar surface area (TPSA) is 60.4 Å². The third-order valence-corrected chi connectivity index (χ3v) is 6.02. The number of Topliss-reactive ketones (excluding diaryl/α,β-unsaturated/α-hetero) is 1. The summed E-state index contributed by atoms with van der Waals surface area (Å²) in [5, 5.41) is 0.390. The maximum atomic E-state index is 13.5. The van der Waals surface area contributed by atoms with Crippen LogP contribution in [0.4, 0.5) is 13.2 Å². The normalized spacial score (nSPS) is 14.0. The Hall–Kier alpha value is -2.68. The van der Waals surface area contributed by atoms with Crippen LogP contribution in [0, 0.1) is 0 Å². The molecule has 0 fully saturated rings. The van der Waals surface area contributed by atoms with E-state index in [-0.39, 0.29) is 11.1 Å². The van der Waals surface area contributed by atoms with Gasteiger partial charge in [-0.05, 0) is 35.4 Å². The number of ketones is 1. The lowest BCUT2D eigenvalue weighted by atomic mass is 9.83. The molecule has 0 bridgehead atoms. The van der Waals surface area contributed by atoms with E-state index in [2.05, 4.69) is 0 Å². The molecular formula is C23H18ClF3O4S. The zero-order valence-corrected chi connectivity index (χ0v) is 18.1. The SMILES string of the molecule is O=C(c1ccc(Cl)cc1)C(c1ccccc1)C(OS(=O)(=O)CC(F)(F)F)c1ccccc1. The van der Waals surface area contributed by atoms with Gasteiger partial charge in [0.2, 0.25) is 0 Å². The van der Waals surface area contributed by atoms with Crippen molar-refractivity contribution in [1.82, 2.24) is 0 Å². The van der Waals surface area contributed by atoms with E-state index in [1.807, 2.05) is 0 Å². The summed E-state index contributed by atoms with van der Waals surface area (Å²) in [5.41, 5.74) is 0.846. The summed E-state index contributed by atoms with van der Waals surface area (Å²) in [5.74, 6) is -3.92. The fourth-order valence-corrected chi connectivity index (χ4v) is 4.39. The second-order valence-electron chi connectivity index (χ2n) is 7.00. The van der Waals surface area contributed by atoms with Crippen molar-refractivity contribution in [3.63, 3.8) is 0 Å². The first kappa shape index (κ1) is 24.0. The van der Waals surface area contributed by atoms with Gasteiger partial charge in [0.15, 0.2) is 11.5 Å². The molecule has 0 amide bonds. The van der Waals surface area contributed by atoms with Crippen LogP contribution in [0.25, 0.3) is 0 Å². The Labute approximate surface area is 188 Å². The number of carbonyl (C=O) groups excluding carboxylic acids is 1. The standard InChI is InChI=1S/C23H18ClF3O4S/c24-19-13-11-17(12-14-19)21(28)20(16-7-3-1-4-8-16)22(18-9-5-2-6-10-18)31-32(29,30)15-23(25,26)27/h1-14,20,22H,15H2. The molecule has 0 spiro atoms. The number of halogens is 4. The fraction of sp³-hybridized carbons (Fsp3) is 0.174. The summed E-state index contributed by atoms with van der Waals surface area (Å²) < 4.78 is 68.2. The highest BCUT2D eigenvalue weighted by Crippen LogP contribution is 2.39. The van der Waals surface area contributed by atoms with Crippen LogP contribution in [0.5, 0.6) is 0 Å². The summed E-state index contributed by atoms with van der Waals surface area (Å²) in [4.78, 5) is 13.5. The second kappa shape index (κ2) is 9.85. The van der Waals surface area contributed by atoms with Crippen molar-refractivity contribution in [3.8, 4) is 0 Å². The summed E-state index contributed by atoms with van der Waals surface area (Å²) >= 11 is 5.90. The largest absolute Gasteiger partial charge is 0.405 e. The van der Waals surface area contributed by atoms with Crippen LogP contribution in [0.1, 0.15) is 33.5 Å². The van der Waals surface area contributed by atoms with E-state index in [0.717, 1.165) is 0 Å². The first-order chi connectivity index (χ1) is 15.1. The van der Waals surface area contributed by atoms with Gasteiger partial charge < -0.3 is 0 Å². The van der Waals surface area contributed by atoms with Crippen molar-refractivity contribution < 1.29 is 30.6 Å². The molecule has 0 saturated carbocycles. The smallest absolute Gasteiger partial charge is 0.293 e. The number of benzene rings is 3. The van der Waals surface area contributed by atoms with Crippen molar-refractivity contribution in [2.75, 3.05) is 5.75 Å². The number of hydrogen-bond donors (Lipinski definition) is 0. The van der Waals surface area contributed by atoms with Gasteiger partial charge in [0.1, 0.15) is 6.10 Å². The Morgan fingerprint density at radius 1 is 0.844 bits per heavy atom. The first-order valence-electron chi connectivity index (χ1n) is 9.43. The maximum Gasteiger partial charge on any atom is 0.405 e. The Morgan fingerprint density at radius 3 is 1.84 bits per heavy atom. The summed E-state index contributed by atoms with van der Waals surface area (Å²) in [6.45, 7) is 0. The predicted molar refractivity (Wildman–Crippen MR) is 115 cm³/mol. The van der Waals surface area contributed by atoms with Crippen LogP contribution in [0.2, 0.25) is 5.02 Å². The van der Waals surface area contributed by atoms with E-state index < -0.39 is 39.9 Å². The predicted octanol–water partition coefficient (Wildman–Crippen LogP) is 5.96. The molecule has 32 heavy (non-hydrogen) atoms. The van der Waals surface area contributed by atoms with E-state index in [4.69, 9.17) is 15.8 Å². The Kier molecular flexibility index (Phi) is 7.38. The molecule has 0 aliphatic carbocycles. The molecule has 2 atom stereocenters. The zero-order chi connectivity index (χ0) is 23.4. The van der Waals surface area contributed by atoms with Gasteiger partial charge in [0.25, 0.3) is 10.1 Å². The van der Waals surface area contributed by atoms with Crippen LogP contribution in [-0.2, 0) is 14.3 Å². The van der Waals surface area contributed by atoms with Crippen LogP contribution in [0.3, 0.4) is 0 Å². The third-order valence-electron chi connectivity index (χ3n) is 4.59. The molecular weight excluding hydrogens is 465 g/mol. The lowest BCUT2D eigenvalue weighted by Gasteiger charge is -2.27. The molecule has 9 heteroatoms. The number of carbonyl (C=O) groups is 1. The Morgan fingerprint density at radius 2 is 1.34 bits per heavy atom. The molecule has 168 valence electrons. The molecule has 0 aliphatic rings. The Balaban J connectivity index is 2.13. The number of hydrogen-bond acceptors (Lipinski definition) is 4. The highest BCUT2D eigenvalue weighted by molar-refractivity contribution is 7.86. The lowest BCUT2D eigenvalue weighted by Crippen LogP contribution is -2.30. The first-order valence-corrected chi connectivity index (χ1v) is 11.4. The highest BCUT2D eigenvalue weighted by Gasteiger charge is 2.41. The van der Waals surface area contributed by atoms with Crippen molar-refractivity contribution in [1.29, 1.82) is 0 Å². The van der Waals surface area contributed by atoms with E-state index in [9.17, 15) is 26.4 Å². The number of alkyl halides is 3. The maximum absolute atomic E-state index is 13.5. The zero-order valence-electron chi connectivity index (χ0n) is 16.5. The fourth-order valence-electron chi connectivity index (χ4n) is 3.26. The monoisotopic (exact) mass is 482 g/mol. The van der Waals surface area contributed by atoms with Gasteiger partial charge in [0.05, 0.1) is 5.92 Å². The number of rotatable bonds is 8. The van der Waals surface area contributed by atoms with Gasteiger partial charge in [-0.1, -0.05) is 72.3 Å². The summed E-state index contributed by atoms with van der Waals surface area (Å²) in [7, 11) is -5.06. The third kappa shape index (κ3) is 6.41. The van der Waals surface area contributed by atoms with E-state index in [1.54, 1.807) is 48.5 Å². The minimum absolute atomic E-state index is 0.209. The van der Waals surface area contributed by atoms with E-state index in [0.29, 0.717) is 10.6 Å². The summed E-state index contributed by atoms with van der Waals surface area (Å²) in [6.07, 6.45) is -6.52. The van der Waals surface area contributed by atoms with E-state index >= 15 is 0 Å². The van der Waals surface area contributed by atoms with Crippen LogP contribution in [0.15, 0.2) is 84.9 Å².